The molecule has 0 saturated carbocycles. The normalized spacial score (nSPS) is 20.4. The van der Waals surface area contributed by atoms with Crippen molar-refractivity contribution >= 4 is 10.9 Å². The van der Waals surface area contributed by atoms with Crippen LogP contribution < -0.4 is 11.1 Å². The summed E-state index contributed by atoms with van der Waals surface area (Å²) < 4.78 is 5.65. The van der Waals surface area contributed by atoms with E-state index in [1.54, 1.807) is 0 Å². The lowest BCUT2D eigenvalue weighted by molar-refractivity contribution is 0.107. The number of aromatic nitrogens is 1. The molecule has 2 atom stereocenters. The van der Waals surface area contributed by atoms with Gasteiger partial charge < -0.3 is 15.8 Å². The molecule has 1 aromatic heterocycles. The van der Waals surface area contributed by atoms with E-state index in [0.29, 0.717) is 12.6 Å². The van der Waals surface area contributed by atoms with Crippen LogP contribution in [0.3, 0.4) is 0 Å². The number of hydrogen-bond donors (Lipinski definition) is 2. The third kappa shape index (κ3) is 2.82. The van der Waals surface area contributed by atoms with Crippen molar-refractivity contribution in [2.24, 2.45) is 5.73 Å². The number of rotatable bonds is 5. The van der Waals surface area contributed by atoms with E-state index in [1.807, 2.05) is 12.3 Å². The second kappa shape index (κ2) is 6.31. The summed E-state index contributed by atoms with van der Waals surface area (Å²) in [6.45, 7) is 2.29. The fourth-order valence-corrected chi connectivity index (χ4v) is 2.81. The number of ether oxygens (including phenoxy) is 1. The van der Waals surface area contributed by atoms with Crippen LogP contribution in [0.25, 0.3) is 10.9 Å². The highest BCUT2D eigenvalue weighted by Gasteiger charge is 2.18. The number of nitrogens with zero attached hydrogens (tertiary/aromatic N) is 1. The maximum Gasteiger partial charge on any atom is 0.0750 e. The zero-order chi connectivity index (χ0) is 13.8. The molecule has 0 bridgehead atoms. The Balaban J connectivity index is 1.79. The molecular formula is C16H21N3O. The average molecular weight is 271 g/mol. The van der Waals surface area contributed by atoms with Gasteiger partial charge in [-0.1, -0.05) is 24.3 Å². The number of nitrogens with two attached hydrogens (primary N) is 1. The molecule has 1 aliphatic heterocycles. The van der Waals surface area contributed by atoms with E-state index in [2.05, 4.69) is 34.6 Å². The molecule has 1 aromatic carbocycles. The first-order valence-electron chi connectivity index (χ1n) is 7.27. The van der Waals surface area contributed by atoms with E-state index in [9.17, 15) is 0 Å². The minimum Gasteiger partial charge on any atom is -0.377 e. The fourth-order valence-electron chi connectivity index (χ4n) is 2.81. The first-order valence-corrected chi connectivity index (χ1v) is 7.27. The number of hydrogen-bond acceptors (Lipinski definition) is 4. The predicted molar refractivity (Wildman–Crippen MR) is 80.5 cm³/mol. The molecule has 0 radical (unpaired) electrons. The maximum atomic E-state index is 5.95. The summed E-state index contributed by atoms with van der Waals surface area (Å²) >= 11 is 0. The Hall–Kier alpha value is -1.49. The van der Waals surface area contributed by atoms with Crippen LogP contribution in [0, 0.1) is 0 Å². The third-order valence-corrected chi connectivity index (χ3v) is 3.89. The Morgan fingerprint density at radius 1 is 1.35 bits per heavy atom. The van der Waals surface area contributed by atoms with Crippen molar-refractivity contribution in [1.29, 1.82) is 0 Å². The number of benzene rings is 1. The second-order valence-corrected chi connectivity index (χ2v) is 5.25. The Bertz CT molecular complexity index is 561. The highest BCUT2D eigenvalue weighted by Crippen LogP contribution is 2.22. The molecule has 2 unspecified atom stereocenters. The molecule has 1 aliphatic rings. The van der Waals surface area contributed by atoms with Crippen molar-refractivity contribution in [3.63, 3.8) is 0 Å². The predicted octanol–water partition coefficient (Wildman–Crippen LogP) is 2.00. The Kier molecular flexibility index (Phi) is 4.25. The Labute approximate surface area is 119 Å². The Morgan fingerprint density at radius 2 is 2.25 bits per heavy atom. The van der Waals surface area contributed by atoms with E-state index in [-0.39, 0.29) is 6.04 Å². The summed E-state index contributed by atoms with van der Waals surface area (Å²) in [7, 11) is 0. The highest BCUT2D eigenvalue weighted by atomic mass is 16.5. The summed E-state index contributed by atoms with van der Waals surface area (Å²) in [5.74, 6) is 0. The number of para-hydroxylation sites is 1. The zero-order valence-electron chi connectivity index (χ0n) is 11.6. The van der Waals surface area contributed by atoms with E-state index >= 15 is 0 Å². The van der Waals surface area contributed by atoms with Crippen LogP contribution in [-0.2, 0) is 4.74 Å². The largest absolute Gasteiger partial charge is 0.377 e. The molecule has 0 spiro atoms. The Morgan fingerprint density at radius 3 is 3.05 bits per heavy atom. The van der Waals surface area contributed by atoms with Gasteiger partial charge in [0.25, 0.3) is 0 Å². The second-order valence-electron chi connectivity index (χ2n) is 5.25. The highest BCUT2D eigenvalue weighted by molar-refractivity contribution is 5.82. The minimum atomic E-state index is 0.123. The summed E-state index contributed by atoms with van der Waals surface area (Å²) in [6, 6.07) is 10.4. The molecule has 1 fully saturated rings. The van der Waals surface area contributed by atoms with Crippen molar-refractivity contribution in [2.45, 2.75) is 25.0 Å². The van der Waals surface area contributed by atoms with Gasteiger partial charge in [-0.3, -0.25) is 4.98 Å². The van der Waals surface area contributed by atoms with Gasteiger partial charge in [0, 0.05) is 37.3 Å². The van der Waals surface area contributed by atoms with E-state index in [4.69, 9.17) is 10.5 Å². The van der Waals surface area contributed by atoms with Gasteiger partial charge in [-0.15, -0.1) is 0 Å². The van der Waals surface area contributed by atoms with Crippen molar-refractivity contribution in [3.05, 3.63) is 42.1 Å². The number of fused-ring (bicyclic) bond motifs is 1. The minimum absolute atomic E-state index is 0.123. The molecule has 3 rings (SSSR count). The lowest BCUT2D eigenvalue weighted by Gasteiger charge is -2.20. The molecule has 20 heavy (non-hydrogen) atoms. The molecule has 4 nitrogen and oxygen atoms in total. The first kappa shape index (κ1) is 13.5. The molecular weight excluding hydrogens is 250 g/mol. The fraction of sp³-hybridized carbons (Fsp3) is 0.438. The lowest BCUT2D eigenvalue weighted by Crippen LogP contribution is -2.34. The standard InChI is InChI=1S/C16H21N3O/c17-10-15(19-11-13-6-3-9-20-13)14-7-1-4-12-5-2-8-18-16(12)14/h1-2,4-5,7-8,13,15,19H,3,6,9-11,17H2. The quantitative estimate of drug-likeness (QED) is 0.873. The van der Waals surface area contributed by atoms with Crippen LogP contribution in [0.2, 0.25) is 0 Å². The molecule has 1 saturated heterocycles. The summed E-state index contributed by atoms with van der Waals surface area (Å²) in [5.41, 5.74) is 8.15. The van der Waals surface area contributed by atoms with E-state index in [0.717, 1.165) is 36.9 Å². The van der Waals surface area contributed by atoms with Crippen LogP contribution in [0.4, 0.5) is 0 Å². The molecule has 4 heteroatoms. The maximum absolute atomic E-state index is 5.95. The van der Waals surface area contributed by atoms with Gasteiger partial charge >= 0.3 is 0 Å². The van der Waals surface area contributed by atoms with Gasteiger partial charge in [-0.05, 0) is 24.5 Å². The average Bonchev–Trinajstić information content (AvgIpc) is 3.01. The number of nitrogens with one attached hydrogen (secondary N) is 1. The molecule has 2 heterocycles. The SMILES string of the molecule is NCC(NCC1CCCO1)c1cccc2cccnc12. The lowest BCUT2D eigenvalue weighted by atomic mass is 10.0. The van der Waals surface area contributed by atoms with Crippen molar-refractivity contribution < 1.29 is 4.74 Å². The van der Waals surface area contributed by atoms with Crippen LogP contribution in [0.5, 0.6) is 0 Å². The first-order chi connectivity index (χ1) is 9.88. The number of pyridine rings is 1. The van der Waals surface area contributed by atoms with Crippen LogP contribution in [0.15, 0.2) is 36.5 Å². The van der Waals surface area contributed by atoms with Crippen LogP contribution >= 0.6 is 0 Å². The van der Waals surface area contributed by atoms with E-state index < -0.39 is 0 Å². The summed E-state index contributed by atoms with van der Waals surface area (Å²) in [6.07, 6.45) is 4.46. The molecule has 0 aliphatic carbocycles. The van der Waals surface area contributed by atoms with Crippen LogP contribution in [-0.4, -0.2) is 30.8 Å². The monoisotopic (exact) mass is 271 g/mol. The summed E-state index contributed by atoms with van der Waals surface area (Å²) in [5, 5.41) is 4.68. The van der Waals surface area contributed by atoms with Gasteiger partial charge in [0.05, 0.1) is 11.6 Å². The van der Waals surface area contributed by atoms with Gasteiger partial charge in [0.15, 0.2) is 0 Å². The third-order valence-electron chi connectivity index (χ3n) is 3.89. The van der Waals surface area contributed by atoms with Gasteiger partial charge in [0.1, 0.15) is 0 Å². The van der Waals surface area contributed by atoms with Gasteiger partial charge in [0.2, 0.25) is 0 Å². The smallest absolute Gasteiger partial charge is 0.0750 e. The zero-order valence-corrected chi connectivity index (χ0v) is 11.6. The van der Waals surface area contributed by atoms with Crippen LogP contribution in [0.1, 0.15) is 24.4 Å². The topological polar surface area (TPSA) is 60.2 Å². The molecule has 3 N–H and O–H groups in total. The van der Waals surface area contributed by atoms with Crippen molar-refractivity contribution in [3.8, 4) is 0 Å². The molecule has 2 aromatic rings. The molecule has 106 valence electrons. The van der Waals surface area contributed by atoms with E-state index in [1.165, 1.54) is 5.56 Å². The summed E-state index contributed by atoms with van der Waals surface area (Å²) in [4.78, 5) is 4.50. The van der Waals surface area contributed by atoms with Crippen molar-refractivity contribution in [2.75, 3.05) is 19.7 Å². The molecule has 0 amide bonds. The van der Waals surface area contributed by atoms with Crippen molar-refractivity contribution in [1.82, 2.24) is 10.3 Å². The van der Waals surface area contributed by atoms with Gasteiger partial charge in [-0.2, -0.15) is 0 Å². The van der Waals surface area contributed by atoms with Gasteiger partial charge in [-0.25, -0.2) is 0 Å².